The fourth-order valence-electron chi connectivity index (χ4n) is 12.4. The van der Waals surface area contributed by atoms with Crippen LogP contribution in [0.5, 0.6) is 0 Å². The summed E-state index contributed by atoms with van der Waals surface area (Å²) in [6.07, 6.45) is 12.8. The van der Waals surface area contributed by atoms with Crippen LogP contribution < -0.4 is 20.4 Å². The van der Waals surface area contributed by atoms with Gasteiger partial charge in [0.05, 0.1) is 13.2 Å². The van der Waals surface area contributed by atoms with Crippen LogP contribution in [0, 0.1) is 13.8 Å². The molecule has 0 radical (unpaired) electrons. The molecular weight excluding hydrogens is 1010 g/mol. The lowest BCUT2D eigenvalue weighted by atomic mass is 9.87. The van der Waals surface area contributed by atoms with E-state index < -0.39 is 0 Å². The number of allylic oxidation sites excluding steroid dienone is 7. The number of piperazine rings is 1. The van der Waals surface area contributed by atoms with E-state index in [1.54, 1.807) is 0 Å². The van der Waals surface area contributed by atoms with Crippen molar-refractivity contribution in [2.75, 3.05) is 88.6 Å². The number of carbonyl (C=O) groups is 4. The molecule has 13 heteroatoms. The maximum absolute atomic E-state index is 13.9. The minimum absolute atomic E-state index is 0.0847. The SMILES string of the molecule is CCN(c1cc(-c2ccc(CN3CCOCC3)cc2)cc(C(=O)CCC2=C(C)C=C(C)CC2=O)c1C)C1CCOCC1.CC[C@H](C)n1cc(C)c2c(C(=O)NCC3=C(C)C=C(C)CC3=O)cc(-c3ccc(N4CCNCC4)nc3)cc21. The molecule has 1 amide bonds. The van der Waals surface area contributed by atoms with Crippen molar-refractivity contribution in [3.8, 4) is 22.3 Å². The first-order chi connectivity index (χ1) is 39.1. The Balaban J connectivity index is 0.000000196. The molecule has 3 aromatic carbocycles. The molecule has 3 aliphatic heterocycles. The Morgan fingerprint density at radius 2 is 1.38 bits per heavy atom. The Morgan fingerprint density at radius 1 is 0.753 bits per heavy atom. The number of hydrogen-bond acceptors (Lipinski definition) is 11. The molecule has 5 aliphatic rings. The first-order valence-electron chi connectivity index (χ1n) is 29.7. The van der Waals surface area contributed by atoms with E-state index in [1.807, 2.05) is 46.0 Å². The quantitative estimate of drug-likeness (QED) is 0.0861. The molecule has 5 aromatic rings. The van der Waals surface area contributed by atoms with Crippen LogP contribution in [0.1, 0.15) is 137 Å². The average Bonchev–Trinajstić information content (AvgIpc) is 3.84. The number of Topliss-reactive ketones (excluding diaryl/α,β-unsaturated/α-hetero) is 3. The van der Waals surface area contributed by atoms with Gasteiger partial charge in [-0.2, -0.15) is 0 Å². The lowest BCUT2D eigenvalue weighted by Gasteiger charge is -2.37. The van der Waals surface area contributed by atoms with Gasteiger partial charge in [0.25, 0.3) is 5.91 Å². The molecule has 5 heterocycles. The number of anilines is 2. The summed E-state index contributed by atoms with van der Waals surface area (Å²) in [5, 5.41) is 7.40. The summed E-state index contributed by atoms with van der Waals surface area (Å²) >= 11 is 0. The molecule has 81 heavy (non-hydrogen) atoms. The van der Waals surface area contributed by atoms with Crippen LogP contribution in [0.3, 0.4) is 0 Å². The third-order valence-corrected chi connectivity index (χ3v) is 17.2. The van der Waals surface area contributed by atoms with Gasteiger partial charge in [-0.3, -0.25) is 24.1 Å². The summed E-state index contributed by atoms with van der Waals surface area (Å²) in [6.45, 7) is 29.5. The lowest BCUT2D eigenvalue weighted by Crippen LogP contribution is -2.43. The smallest absolute Gasteiger partial charge is 0.252 e. The molecule has 0 unspecified atom stereocenters. The molecule has 3 saturated heterocycles. The van der Waals surface area contributed by atoms with Crippen molar-refractivity contribution in [3.63, 3.8) is 0 Å². The van der Waals surface area contributed by atoms with Gasteiger partial charge in [0, 0.05) is 155 Å². The number of amides is 1. The number of ketones is 3. The number of carbonyl (C=O) groups excluding carboxylic acids is 4. The molecule has 1 atom stereocenters. The Bertz CT molecular complexity index is 3250. The Labute approximate surface area is 480 Å². The molecule has 428 valence electrons. The van der Waals surface area contributed by atoms with Crippen molar-refractivity contribution < 1.29 is 28.7 Å². The van der Waals surface area contributed by atoms with Gasteiger partial charge in [-0.15, -0.1) is 0 Å². The normalized spacial score (nSPS) is 17.9. The van der Waals surface area contributed by atoms with Crippen LogP contribution in [0.4, 0.5) is 11.5 Å². The topological polar surface area (TPSA) is 138 Å². The molecule has 10 rings (SSSR count). The van der Waals surface area contributed by atoms with E-state index >= 15 is 0 Å². The summed E-state index contributed by atoms with van der Waals surface area (Å²) in [5.74, 6) is 1.14. The number of aryl methyl sites for hydroxylation is 1. The van der Waals surface area contributed by atoms with Crippen molar-refractivity contribution >= 4 is 45.7 Å². The van der Waals surface area contributed by atoms with Crippen LogP contribution >= 0.6 is 0 Å². The monoisotopic (exact) mass is 1100 g/mol. The molecular formula is C68H85N7O6. The summed E-state index contributed by atoms with van der Waals surface area (Å²) < 4.78 is 13.4. The van der Waals surface area contributed by atoms with Crippen LogP contribution in [0.15, 0.2) is 119 Å². The van der Waals surface area contributed by atoms with E-state index in [4.69, 9.17) is 14.5 Å². The zero-order valence-corrected chi connectivity index (χ0v) is 49.6. The lowest BCUT2D eigenvalue weighted by molar-refractivity contribution is -0.116. The molecule has 0 saturated carbocycles. The maximum atomic E-state index is 13.9. The van der Waals surface area contributed by atoms with Gasteiger partial charge >= 0.3 is 0 Å². The molecule has 0 spiro atoms. The highest BCUT2D eigenvalue weighted by Gasteiger charge is 2.27. The number of fused-ring (bicyclic) bond motifs is 1. The highest BCUT2D eigenvalue weighted by Crippen LogP contribution is 2.37. The van der Waals surface area contributed by atoms with Crippen molar-refractivity contribution in [1.29, 1.82) is 0 Å². The summed E-state index contributed by atoms with van der Waals surface area (Å²) in [4.78, 5) is 65.0. The summed E-state index contributed by atoms with van der Waals surface area (Å²) in [5.41, 5.74) is 16.6. The van der Waals surface area contributed by atoms with Crippen molar-refractivity contribution in [1.82, 2.24) is 25.1 Å². The second-order valence-electron chi connectivity index (χ2n) is 23.0. The third kappa shape index (κ3) is 13.9. The zero-order chi connectivity index (χ0) is 57.3. The molecule has 0 bridgehead atoms. The minimum Gasteiger partial charge on any atom is -0.381 e. The van der Waals surface area contributed by atoms with E-state index in [0.717, 1.165) is 187 Å². The number of ether oxygens (including phenoxy) is 2. The second kappa shape index (κ2) is 26.9. The molecule has 2 aliphatic carbocycles. The molecule has 2 aromatic heterocycles. The number of pyridine rings is 1. The van der Waals surface area contributed by atoms with Crippen LogP contribution in [-0.4, -0.2) is 123 Å². The minimum atomic E-state index is -0.170. The fraction of sp³-hybridized carbons (Fsp3) is 0.456. The number of aromatic nitrogens is 2. The number of morpholine rings is 1. The van der Waals surface area contributed by atoms with Gasteiger partial charge < -0.3 is 34.5 Å². The molecule has 3 fully saturated rings. The number of rotatable bonds is 17. The van der Waals surface area contributed by atoms with E-state index in [0.29, 0.717) is 48.9 Å². The van der Waals surface area contributed by atoms with Gasteiger partial charge in [-0.1, -0.05) is 54.5 Å². The fourth-order valence-corrected chi connectivity index (χ4v) is 12.4. The van der Waals surface area contributed by atoms with Crippen LogP contribution in [0.25, 0.3) is 33.2 Å². The van der Waals surface area contributed by atoms with Gasteiger partial charge in [0.15, 0.2) is 17.3 Å². The van der Waals surface area contributed by atoms with E-state index in [9.17, 15) is 19.2 Å². The van der Waals surface area contributed by atoms with Crippen LogP contribution in [-0.2, 0) is 25.6 Å². The Hall–Kier alpha value is -6.77. The van der Waals surface area contributed by atoms with Crippen molar-refractivity contribution in [2.24, 2.45) is 0 Å². The number of nitrogens with one attached hydrogen (secondary N) is 2. The first-order valence-corrected chi connectivity index (χ1v) is 29.7. The Kier molecular flexibility index (Phi) is 19.5. The summed E-state index contributed by atoms with van der Waals surface area (Å²) in [7, 11) is 0. The number of hydrogen-bond donors (Lipinski definition) is 2. The van der Waals surface area contributed by atoms with E-state index in [-0.39, 0.29) is 29.8 Å². The predicted molar refractivity (Wildman–Crippen MR) is 328 cm³/mol. The third-order valence-electron chi connectivity index (χ3n) is 17.2. The second-order valence-corrected chi connectivity index (χ2v) is 23.0. The summed E-state index contributed by atoms with van der Waals surface area (Å²) in [6, 6.07) is 22.1. The van der Waals surface area contributed by atoms with Gasteiger partial charge in [-0.25, -0.2) is 4.98 Å². The maximum Gasteiger partial charge on any atom is 0.252 e. The average molecular weight is 1100 g/mol. The zero-order valence-electron chi connectivity index (χ0n) is 49.6. The Morgan fingerprint density at radius 3 is 2.01 bits per heavy atom. The molecule has 13 nitrogen and oxygen atoms in total. The van der Waals surface area contributed by atoms with Gasteiger partial charge in [-0.05, 0) is 168 Å². The van der Waals surface area contributed by atoms with Gasteiger partial charge in [0.1, 0.15) is 5.82 Å². The largest absolute Gasteiger partial charge is 0.381 e. The van der Waals surface area contributed by atoms with Crippen LogP contribution in [0.2, 0.25) is 0 Å². The van der Waals surface area contributed by atoms with E-state index in [1.165, 1.54) is 5.56 Å². The van der Waals surface area contributed by atoms with Crippen molar-refractivity contribution in [3.05, 3.63) is 146 Å². The highest BCUT2D eigenvalue weighted by molar-refractivity contribution is 6.10. The van der Waals surface area contributed by atoms with Gasteiger partial charge in [0.2, 0.25) is 0 Å². The number of nitrogens with zero attached hydrogens (tertiary/aromatic N) is 5. The standard InChI is InChI=1S/C36H46N2O4.C32H39N5O2/c1-5-38(31-12-16-41-17-13-31)34-23-30(29-8-6-28(7-9-29)24-37-14-18-42-19-15-37)22-33(27(34)4)35(39)11-10-32-26(3)20-25(2)21-36(32)40;1-6-23(5)37-19-22(4)31-26(32(39)35-18-27-21(3)13-20(2)14-29(27)38)15-25(16-28(31)37)24-7-8-30(34-17-24)36-11-9-33-10-12-36/h6-9,20,22-23,31H,5,10-19,21,24H2,1-4H3;7-8,13,15-17,19,23,33H,6,9-12,14,18H2,1-5H3,(H,35,39)/t;23-/m.0/s1. The predicted octanol–water partition coefficient (Wildman–Crippen LogP) is 12.1. The van der Waals surface area contributed by atoms with E-state index in [2.05, 4.69) is 131 Å². The molecule has 2 N–H and O–H groups in total. The van der Waals surface area contributed by atoms with Crippen molar-refractivity contribution in [2.45, 2.75) is 126 Å². The first kappa shape index (κ1) is 58.9. The number of benzene rings is 3. The highest BCUT2D eigenvalue weighted by atomic mass is 16.5.